The second-order valence-electron chi connectivity index (χ2n) is 4.90. The molecule has 0 rings (SSSR count). The zero-order valence-corrected chi connectivity index (χ0v) is 16.2. The van der Waals surface area contributed by atoms with Crippen molar-refractivity contribution >= 4 is 24.7 Å². The fourth-order valence-electron chi connectivity index (χ4n) is 2.32. The van der Waals surface area contributed by atoms with E-state index in [0.717, 1.165) is 17.8 Å². The standard InChI is InChI=1S/C15H33BrO3Si/c1-4-17-20(18-5-2,19-6-3)15-13-11-9-7-8-10-12-14-16/h4-15H2,1-3H3. The smallest absolute Gasteiger partial charge is 0.374 e. The minimum atomic E-state index is -2.38. The Balaban J connectivity index is 3.82. The molecule has 0 aliphatic heterocycles. The van der Waals surface area contributed by atoms with Gasteiger partial charge in [-0.05, 0) is 33.6 Å². The van der Waals surface area contributed by atoms with Crippen molar-refractivity contribution in [3.8, 4) is 0 Å². The number of alkyl halides is 1. The molecule has 122 valence electrons. The van der Waals surface area contributed by atoms with Gasteiger partial charge in [0.05, 0.1) is 0 Å². The maximum absolute atomic E-state index is 5.86. The van der Waals surface area contributed by atoms with Crippen LogP contribution in [0.2, 0.25) is 6.04 Å². The first-order valence-electron chi connectivity index (χ1n) is 8.22. The van der Waals surface area contributed by atoms with Crippen molar-refractivity contribution in [3.63, 3.8) is 0 Å². The van der Waals surface area contributed by atoms with Crippen LogP contribution in [0.5, 0.6) is 0 Å². The van der Waals surface area contributed by atoms with Crippen molar-refractivity contribution in [2.75, 3.05) is 25.2 Å². The average molecular weight is 369 g/mol. The van der Waals surface area contributed by atoms with E-state index < -0.39 is 8.80 Å². The molecule has 0 radical (unpaired) electrons. The number of hydrogen-bond donors (Lipinski definition) is 0. The van der Waals surface area contributed by atoms with E-state index in [9.17, 15) is 0 Å². The monoisotopic (exact) mass is 368 g/mol. The second-order valence-corrected chi connectivity index (χ2v) is 8.42. The third-order valence-corrected chi connectivity index (χ3v) is 6.92. The van der Waals surface area contributed by atoms with Gasteiger partial charge < -0.3 is 13.3 Å². The maximum atomic E-state index is 5.86. The third kappa shape index (κ3) is 10.3. The second kappa shape index (κ2) is 14.5. The first-order valence-corrected chi connectivity index (χ1v) is 11.3. The van der Waals surface area contributed by atoms with Crippen LogP contribution in [0.3, 0.4) is 0 Å². The van der Waals surface area contributed by atoms with E-state index in [1.165, 1.54) is 38.5 Å². The molecule has 0 aromatic heterocycles. The van der Waals surface area contributed by atoms with E-state index in [0.29, 0.717) is 19.8 Å². The zero-order valence-electron chi connectivity index (χ0n) is 13.6. The summed E-state index contributed by atoms with van der Waals surface area (Å²) in [5.74, 6) is 0. The van der Waals surface area contributed by atoms with Gasteiger partial charge in [0, 0.05) is 31.2 Å². The SMILES string of the molecule is CCO[Si](CCCCCCCCCBr)(OCC)OCC. The largest absolute Gasteiger partial charge is 0.500 e. The molecule has 5 heteroatoms. The Kier molecular flexibility index (Phi) is 14.9. The summed E-state index contributed by atoms with van der Waals surface area (Å²) in [6, 6.07) is 0.962. The van der Waals surface area contributed by atoms with Gasteiger partial charge in [0.15, 0.2) is 0 Å². The van der Waals surface area contributed by atoms with Crippen LogP contribution in [0, 0.1) is 0 Å². The molecule has 0 N–H and O–H groups in total. The number of halogens is 1. The Hall–Kier alpha value is 0.577. The van der Waals surface area contributed by atoms with Gasteiger partial charge in [-0.1, -0.05) is 48.0 Å². The van der Waals surface area contributed by atoms with E-state index in [-0.39, 0.29) is 0 Å². The van der Waals surface area contributed by atoms with Gasteiger partial charge in [0.2, 0.25) is 0 Å². The van der Waals surface area contributed by atoms with Gasteiger partial charge in [-0.15, -0.1) is 0 Å². The van der Waals surface area contributed by atoms with Crippen LogP contribution >= 0.6 is 15.9 Å². The molecule has 0 spiro atoms. The van der Waals surface area contributed by atoms with Crippen molar-refractivity contribution in [3.05, 3.63) is 0 Å². The lowest BCUT2D eigenvalue weighted by atomic mass is 10.1. The van der Waals surface area contributed by atoms with Crippen molar-refractivity contribution in [2.45, 2.75) is 71.8 Å². The molecule has 0 aromatic carbocycles. The van der Waals surface area contributed by atoms with Gasteiger partial charge in [-0.2, -0.15) is 0 Å². The van der Waals surface area contributed by atoms with Crippen LogP contribution in [0.4, 0.5) is 0 Å². The van der Waals surface area contributed by atoms with Crippen LogP contribution in [-0.4, -0.2) is 34.0 Å². The molecule has 0 aliphatic carbocycles. The molecule has 0 bridgehead atoms. The molecule has 0 aliphatic rings. The van der Waals surface area contributed by atoms with Crippen molar-refractivity contribution in [1.29, 1.82) is 0 Å². The Bertz CT molecular complexity index is 189. The lowest BCUT2D eigenvalue weighted by Gasteiger charge is -2.28. The molecule has 0 saturated carbocycles. The number of hydrogen-bond acceptors (Lipinski definition) is 3. The molecule has 0 amide bonds. The van der Waals surface area contributed by atoms with Gasteiger partial charge in [0.25, 0.3) is 0 Å². The highest BCUT2D eigenvalue weighted by molar-refractivity contribution is 9.09. The van der Waals surface area contributed by atoms with Gasteiger partial charge in [-0.25, -0.2) is 0 Å². The molecule has 20 heavy (non-hydrogen) atoms. The van der Waals surface area contributed by atoms with Crippen LogP contribution in [-0.2, 0) is 13.3 Å². The highest BCUT2D eigenvalue weighted by Crippen LogP contribution is 2.20. The Morgan fingerprint density at radius 2 is 1.05 bits per heavy atom. The molecule has 0 aromatic rings. The molecule has 0 fully saturated rings. The van der Waals surface area contributed by atoms with Crippen molar-refractivity contribution in [1.82, 2.24) is 0 Å². The van der Waals surface area contributed by atoms with Crippen LogP contribution < -0.4 is 0 Å². The maximum Gasteiger partial charge on any atom is 0.500 e. The topological polar surface area (TPSA) is 27.7 Å². The molecule has 0 atom stereocenters. The molecule has 3 nitrogen and oxygen atoms in total. The number of rotatable bonds is 15. The first kappa shape index (κ1) is 20.6. The lowest BCUT2D eigenvalue weighted by Crippen LogP contribution is -2.45. The van der Waals surface area contributed by atoms with Gasteiger partial charge in [-0.3, -0.25) is 0 Å². The van der Waals surface area contributed by atoms with Crippen LogP contribution in [0.25, 0.3) is 0 Å². The molecule has 0 unspecified atom stereocenters. The summed E-state index contributed by atoms with van der Waals surface area (Å²) in [7, 11) is -2.38. The van der Waals surface area contributed by atoms with E-state index >= 15 is 0 Å². The van der Waals surface area contributed by atoms with Gasteiger partial charge in [0.1, 0.15) is 0 Å². The molecular weight excluding hydrogens is 336 g/mol. The highest BCUT2D eigenvalue weighted by Gasteiger charge is 2.39. The Morgan fingerprint density at radius 1 is 0.650 bits per heavy atom. The van der Waals surface area contributed by atoms with Crippen LogP contribution in [0.1, 0.15) is 65.7 Å². The van der Waals surface area contributed by atoms with Crippen molar-refractivity contribution in [2.24, 2.45) is 0 Å². The summed E-state index contributed by atoms with van der Waals surface area (Å²) in [5.41, 5.74) is 0. The Labute approximate surface area is 135 Å². The minimum absolute atomic E-state index is 0.679. The molecule has 0 heterocycles. The van der Waals surface area contributed by atoms with E-state index in [2.05, 4.69) is 15.9 Å². The Morgan fingerprint density at radius 3 is 1.45 bits per heavy atom. The van der Waals surface area contributed by atoms with E-state index in [4.69, 9.17) is 13.3 Å². The number of unbranched alkanes of at least 4 members (excludes halogenated alkanes) is 6. The molecule has 0 saturated heterocycles. The van der Waals surface area contributed by atoms with E-state index in [1.807, 2.05) is 20.8 Å². The normalized spacial score (nSPS) is 12.0. The summed E-state index contributed by atoms with van der Waals surface area (Å²) in [5, 5.41) is 1.14. The third-order valence-electron chi connectivity index (χ3n) is 3.21. The summed E-state index contributed by atoms with van der Waals surface area (Å²) in [6.07, 6.45) is 9.09. The average Bonchev–Trinajstić information content (AvgIpc) is 2.43. The summed E-state index contributed by atoms with van der Waals surface area (Å²) in [6.45, 7) is 8.09. The summed E-state index contributed by atoms with van der Waals surface area (Å²) >= 11 is 3.47. The van der Waals surface area contributed by atoms with Crippen molar-refractivity contribution < 1.29 is 13.3 Å². The quantitative estimate of drug-likeness (QED) is 0.227. The highest BCUT2D eigenvalue weighted by atomic mass is 79.9. The molecular formula is C15H33BrO3Si. The minimum Gasteiger partial charge on any atom is -0.374 e. The van der Waals surface area contributed by atoms with E-state index in [1.54, 1.807) is 0 Å². The fourth-order valence-corrected chi connectivity index (χ4v) is 5.40. The predicted molar refractivity (Wildman–Crippen MR) is 91.6 cm³/mol. The van der Waals surface area contributed by atoms with Crippen LogP contribution in [0.15, 0.2) is 0 Å². The zero-order chi connectivity index (χ0) is 15.1. The summed E-state index contributed by atoms with van der Waals surface area (Å²) in [4.78, 5) is 0. The first-order chi connectivity index (χ1) is 9.74. The fraction of sp³-hybridized carbons (Fsp3) is 1.00. The summed E-state index contributed by atoms with van der Waals surface area (Å²) < 4.78 is 17.6. The predicted octanol–water partition coefficient (Wildman–Crippen LogP) is 5.16. The van der Waals surface area contributed by atoms with Gasteiger partial charge >= 0.3 is 8.80 Å². The lowest BCUT2D eigenvalue weighted by molar-refractivity contribution is 0.0706.